The summed E-state index contributed by atoms with van der Waals surface area (Å²) >= 11 is 0. The first-order valence-electron chi connectivity index (χ1n) is 6.03. The fourth-order valence-electron chi connectivity index (χ4n) is 1.65. The molecule has 0 aliphatic heterocycles. The van der Waals surface area contributed by atoms with Crippen LogP contribution in [0.4, 0.5) is 0 Å². The minimum atomic E-state index is -0.131. The number of aryl methyl sites for hydroxylation is 2. The molecule has 1 rings (SSSR count). The van der Waals surface area contributed by atoms with Gasteiger partial charge in [0.1, 0.15) is 0 Å². The molecule has 1 amide bonds. The maximum absolute atomic E-state index is 11.7. The van der Waals surface area contributed by atoms with Crippen LogP contribution in [-0.2, 0) is 11.2 Å². The van der Waals surface area contributed by atoms with Gasteiger partial charge in [-0.25, -0.2) is 0 Å². The Morgan fingerprint density at radius 3 is 2.59 bits per heavy atom. The van der Waals surface area contributed by atoms with Crippen molar-refractivity contribution in [2.75, 3.05) is 6.61 Å². The molecule has 0 bridgehead atoms. The second kappa shape index (κ2) is 6.40. The van der Waals surface area contributed by atoms with Crippen LogP contribution < -0.4 is 5.32 Å². The van der Waals surface area contributed by atoms with Crippen molar-refractivity contribution in [2.45, 2.75) is 39.7 Å². The van der Waals surface area contributed by atoms with Gasteiger partial charge < -0.3 is 10.4 Å². The van der Waals surface area contributed by atoms with Crippen molar-refractivity contribution in [1.82, 2.24) is 5.32 Å². The van der Waals surface area contributed by atoms with Crippen LogP contribution >= 0.6 is 0 Å². The van der Waals surface area contributed by atoms with Gasteiger partial charge in [0.25, 0.3) is 0 Å². The highest BCUT2D eigenvalue weighted by molar-refractivity contribution is 5.78. The molecule has 0 aliphatic carbocycles. The number of aliphatic hydroxyl groups is 1. The Labute approximate surface area is 103 Å². The van der Waals surface area contributed by atoms with Gasteiger partial charge in [-0.15, -0.1) is 0 Å². The van der Waals surface area contributed by atoms with E-state index in [1.165, 1.54) is 11.1 Å². The van der Waals surface area contributed by atoms with Crippen molar-refractivity contribution in [3.05, 3.63) is 34.9 Å². The molecular formula is C14H21NO2. The minimum Gasteiger partial charge on any atom is -0.394 e. The molecule has 0 aliphatic rings. The van der Waals surface area contributed by atoms with E-state index in [1.54, 1.807) is 0 Å². The lowest BCUT2D eigenvalue weighted by Crippen LogP contribution is -2.37. The minimum absolute atomic E-state index is 0.00480. The van der Waals surface area contributed by atoms with Crippen LogP contribution in [0.1, 0.15) is 30.0 Å². The van der Waals surface area contributed by atoms with Crippen LogP contribution in [0.25, 0.3) is 0 Å². The third-order valence-electron chi connectivity index (χ3n) is 3.01. The SMILES string of the molecule is CC[C@@H](CO)NC(=O)Cc1ccc(C)c(C)c1. The smallest absolute Gasteiger partial charge is 0.224 e. The first-order chi connectivity index (χ1) is 8.06. The average Bonchev–Trinajstić information content (AvgIpc) is 2.31. The van der Waals surface area contributed by atoms with Crippen LogP contribution in [0.5, 0.6) is 0 Å². The van der Waals surface area contributed by atoms with Gasteiger partial charge >= 0.3 is 0 Å². The maximum atomic E-state index is 11.7. The predicted molar refractivity (Wildman–Crippen MR) is 68.9 cm³/mol. The molecule has 0 saturated heterocycles. The fourth-order valence-corrected chi connectivity index (χ4v) is 1.65. The Balaban J connectivity index is 2.58. The normalized spacial score (nSPS) is 12.2. The molecule has 17 heavy (non-hydrogen) atoms. The summed E-state index contributed by atoms with van der Waals surface area (Å²) in [7, 11) is 0. The van der Waals surface area contributed by atoms with E-state index in [0.29, 0.717) is 6.42 Å². The van der Waals surface area contributed by atoms with Crippen LogP contribution in [0.15, 0.2) is 18.2 Å². The van der Waals surface area contributed by atoms with Gasteiger partial charge in [-0.1, -0.05) is 25.1 Å². The molecule has 0 unspecified atom stereocenters. The van der Waals surface area contributed by atoms with Gasteiger partial charge in [0.05, 0.1) is 19.1 Å². The van der Waals surface area contributed by atoms with E-state index in [1.807, 2.05) is 32.0 Å². The van der Waals surface area contributed by atoms with Gasteiger partial charge in [0.2, 0.25) is 5.91 Å². The quantitative estimate of drug-likeness (QED) is 0.816. The summed E-state index contributed by atoms with van der Waals surface area (Å²) in [4.78, 5) is 11.7. The van der Waals surface area contributed by atoms with Gasteiger partial charge in [0, 0.05) is 0 Å². The van der Waals surface area contributed by atoms with Gasteiger partial charge in [-0.05, 0) is 37.0 Å². The number of rotatable bonds is 5. The van der Waals surface area contributed by atoms with Crippen molar-refractivity contribution in [3.8, 4) is 0 Å². The van der Waals surface area contributed by atoms with Crippen molar-refractivity contribution >= 4 is 5.91 Å². The van der Waals surface area contributed by atoms with Crippen molar-refractivity contribution in [2.24, 2.45) is 0 Å². The number of benzene rings is 1. The van der Waals surface area contributed by atoms with Crippen molar-refractivity contribution in [1.29, 1.82) is 0 Å². The molecule has 0 spiro atoms. The maximum Gasteiger partial charge on any atom is 0.224 e. The summed E-state index contributed by atoms with van der Waals surface area (Å²) in [6.07, 6.45) is 1.12. The van der Waals surface area contributed by atoms with Crippen LogP contribution in [0, 0.1) is 13.8 Å². The molecule has 0 radical (unpaired) electrons. The van der Waals surface area contributed by atoms with Crippen LogP contribution in [0.2, 0.25) is 0 Å². The third kappa shape index (κ3) is 4.19. The van der Waals surface area contributed by atoms with Crippen molar-refractivity contribution in [3.63, 3.8) is 0 Å². The van der Waals surface area contributed by atoms with Gasteiger partial charge in [0.15, 0.2) is 0 Å². The lowest BCUT2D eigenvalue weighted by atomic mass is 10.0. The first kappa shape index (κ1) is 13.7. The monoisotopic (exact) mass is 235 g/mol. The lowest BCUT2D eigenvalue weighted by Gasteiger charge is -2.14. The number of nitrogens with one attached hydrogen (secondary N) is 1. The van der Waals surface area contributed by atoms with Crippen LogP contribution in [-0.4, -0.2) is 23.7 Å². The number of hydrogen-bond acceptors (Lipinski definition) is 2. The number of carbonyl (C=O) groups excluding carboxylic acids is 1. The van der Waals surface area contributed by atoms with E-state index < -0.39 is 0 Å². The molecule has 0 fully saturated rings. The zero-order chi connectivity index (χ0) is 12.8. The Kier molecular flexibility index (Phi) is 5.16. The van der Waals surface area contributed by atoms with E-state index in [-0.39, 0.29) is 18.6 Å². The molecule has 1 aromatic carbocycles. The molecular weight excluding hydrogens is 214 g/mol. The average molecular weight is 235 g/mol. The Morgan fingerprint density at radius 2 is 2.06 bits per heavy atom. The number of amides is 1. The highest BCUT2D eigenvalue weighted by Crippen LogP contribution is 2.10. The predicted octanol–water partition coefficient (Wildman–Crippen LogP) is 1.73. The molecule has 2 N–H and O–H groups in total. The van der Waals surface area contributed by atoms with Gasteiger partial charge in [-0.3, -0.25) is 4.79 Å². The number of aliphatic hydroxyl groups excluding tert-OH is 1. The summed E-state index contributed by atoms with van der Waals surface area (Å²) in [6.45, 7) is 6.03. The zero-order valence-corrected chi connectivity index (χ0v) is 10.8. The van der Waals surface area contributed by atoms with E-state index in [4.69, 9.17) is 5.11 Å². The second-order valence-corrected chi connectivity index (χ2v) is 4.45. The van der Waals surface area contributed by atoms with E-state index in [2.05, 4.69) is 12.2 Å². The zero-order valence-electron chi connectivity index (χ0n) is 10.8. The Bertz CT molecular complexity index is 384. The van der Waals surface area contributed by atoms with Crippen molar-refractivity contribution < 1.29 is 9.90 Å². The molecule has 0 saturated carbocycles. The molecule has 0 heterocycles. The van der Waals surface area contributed by atoms with Gasteiger partial charge in [-0.2, -0.15) is 0 Å². The molecule has 1 aromatic rings. The lowest BCUT2D eigenvalue weighted by molar-refractivity contribution is -0.121. The molecule has 94 valence electrons. The Morgan fingerprint density at radius 1 is 1.35 bits per heavy atom. The molecule has 3 heteroatoms. The topological polar surface area (TPSA) is 49.3 Å². The largest absolute Gasteiger partial charge is 0.394 e. The standard InChI is InChI=1S/C14H21NO2/c1-4-13(9-16)15-14(17)8-12-6-5-10(2)11(3)7-12/h5-7,13,16H,4,8-9H2,1-3H3,(H,15,17)/t13-/m0/s1. The second-order valence-electron chi connectivity index (χ2n) is 4.45. The first-order valence-corrected chi connectivity index (χ1v) is 6.03. The third-order valence-corrected chi connectivity index (χ3v) is 3.01. The highest BCUT2D eigenvalue weighted by atomic mass is 16.3. The fraction of sp³-hybridized carbons (Fsp3) is 0.500. The molecule has 1 atom stereocenters. The highest BCUT2D eigenvalue weighted by Gasteiger charge is 2.09. The van der Waals surface area contributed by atoms with E-state index in [9.17, 15) is 4.79 Å². The summed E-state index contributed by atoms with van der Waals surface area (Å²) < 4.78 is 0. The summed E-state index contributed by atoms with van der Waals surface area (Å²) in [5, 5.41) is 11.8. The summed E-state index contributed by atoms with van der Waals surface area (Å²) in [6, 6.07) is 5.91. The number of hydrogen-bond donors (Lipinski definition) is 2. The Hall–Kier alpha value is -1.35. The summed E-state index contributed by atoms with van der Waals surface area (Å²) in [5.41, 5.74) is 3.44. The van der Waals surface area contributed by atoms with E-state index >= 15 is 0 Å². The van der Waals surface area contributed by atoms with Crippen LogP contribution in [0.3, 0.4) is 0 Å². The molecule has 3 nitrogen and oxygen atoms in total. The summed E-state index contributed by atoms with van der Waals surface area (Å²) in [5.74, 6) is -0.0332. The molecule has 0 aromatic heterocycles. The number of carbonyl (C=O) groups is 1. The van der Waals surface area contributed by atoms with E-state index in [0.717, 1.165) is 12.0 Å².